The molecule has 0 saturated heterocycles. The molecular weight excluding hydrogens is 250 g/mol. The van der Waals surface area contributed by atoms with Crippen molar-refractivity contribution < 1.29 is 9.47 Å². The zero-order chi connectivity index (χ0) is 14.4. The van der Waals surface area contributed by atoms with Crippen molar-refractivity contribution >= 4 is 0 Å². The summed E-state index contributed by atoms with van der Waals surface area (Å²) in [7, 11) is 1.71. The van der Waals surface area contributed by atoms with Gasteiger partial charge in [0.1, 0.15) is 11.5 Å². The molecule has 0 radical (unpaired) electrons. The van der Waals surface area contributed by atoms with Crippen LogP contribution in [0.25, 0.3) is 0 Å². The Morgan fingerprint density at radius 2 is 1.80 bits per heavy atom. The van der Waals surface area contributed by atoms with Crippen LogP contribution in [-0.2, 0) is 17.7 Å². The fourth-order valence-electron chi connectivity index (χ4n) is 2.00. The minimum atomic E-state index is 0.474. The standard InChI is InChI=1S/C17H21NO2/c1-13-3-6-15(12-18)17(11-13)20-16-7-4-14(5-8-16)9-10-19-2/h3-8,11H,9-10,12,18H2,1-2H3. The third kappa shape index (κ3) is 3.83. The summed E-state index contributed by atoms with van der Waals surface area (Å²) >= 11 is 0. The number of ether oxygens (including phenoxy) is 2. The molecular formula is C17H21NO2. The highest BCUT2D eigenvalue weighted by Gasteiger charge is 2.04. The summed E-state index contributed by atoms with van der Waals surface area (Å²) in [4.78, 5) is 0. The smallest absolute Gasteiger partial charge is 0.132 e. The van der Waals surface area contributed by atoms with Gasteiger partial charge in [-0.15, -0.1) is 0 Å². The largest absolute Gasteiger partial charge is 0.457 e. The fraction of sp³-hybridized carbons (Fsp3) is 0.294. The molecule has 20 heavy (non-hydrogen) atoms. The number of hydrogen-bond donors (Lipinski definition) is 1. The van der Waals surface area contributed by atoms with Gasteiger partial charge in [0.25, 0.3) is 0 Å². The Bertz CT molecular complexity index is 549. The zero-order valence-corrected chi connectivity index (χ0v) is 12.1. The van der Waals surface area contributed by atoms with Gasteiger partial charge in [0.2, 0.25) is 0 Å². The third-order valence-electron chi connectivity index (χ3n) is 3.19. The average Bonchev–Trinajstić information content (AvgIpc) is 2.47. The normalized spacial score (nSPS) is 10.6. The van der Waals surface area contributed by atoms with E-state index in [1.165, 1.54) is 5.56 Å². The second kappa shape index (κ2) is 7.08. The molecule has 0 aliphatic heterocycles. The van der Waals surface area contributed by atoms with Crippen LogP contribution in [0, 0.1) is 6.92 Å². The molecule has 0 heterocycles. The molecule has 3 heteroatoms. The van der Waals surface area contributed by atoms with Crippen molar-refractivity contribution in [3.8, 4) is 11.5 Å². The number of rotatable bonds is 6. The van der Waals surface area contributed by atoms with E-state index in [2.05, 4.69) is 12.1 Å². The summed E-state index contributed by atoms with van der Waals surface area (Å²) in [5.74, 6) is 1.66. The lowest BCUT2D eigenvalue weighted by atomic mass is 10.1. The van der Waals surface area contributed by atoms with Gasteiger partial charge in [-0.05, 0) is 42.7 Å². The van der Waals surface area contributed by atoms with Gasteiger partial charge < -0.3 is 15.2 Å². The lowest BCUT2D eigenvalue weighted by Gasteiger charge is -2.11. The molecule has 2 aromatic rings. The van der Waals surface area contributed by atoms with E-state index in [0.29, 0.717) is 6.54 Å². The van der Waals surface area contributed by atoms with Gasteiger partial charge >= 0.3 is 0 Å². The van der Waals surface area contributed by atoms with E-state index in [1.807, 2.05) is 37.3 Å². The first-order valence-electron chi connectivity index (χ1n) is 6.78. The molecule has 106 valence electrons. The van der Waals surface area contributed by atoms with Crippen LogP contribution in [0.5, 0.6) is 11.5 Å². The lowest BCUT2D eigenvalue weighted by Crippen LogP contribution is -2.00. The number of nitrogens with two attached hydrogens (primary N) is 1. The molecule has 0 aromatic heterocycles. The average molecular weight is 271 g/mol. The predicted molar refractivity (Wildman–Crippen MR) is 81.2 cm³/mol. The van der Waals surface area contributed by atoms with Crippen LogP contribution >= 0.6 is 0 Å². The van der Waals surface area contributed by atoms with Gasteiger partial charge in [0, 0.05) is 19.2 Å². The van der Waals surface area contributed by atoms with Crippen LogP contribution in [0.3, 0.4) is 0 Å². The molecule has 0 aliphatic carbocycles. The Morgan fingerprint density at radius 3 is 2.45 bits per heavy atom. The maximum atomic E-state index is 5.93. The SMILES string of the molecule is COCCc1ccc(Oc2cc(C)ccc2CN)cc1. The van der Waals surface area contributed by atoms with Gasteiger partial charge in [0.15, 0.2) is 0 Å². The van der Waals surface area contributed by atoms with Crippen LogP contribution in [0.1, 0.15) is 16.7 Å². The Hall–Kier alpha value is -1.84. The summed E-state index contributed by atoms with van der Waals surface area (Å²) in [6.07, 6.45) is 0.912. The summed E-state index contributed by atoms with van der Waals surface area (Å²) < 4.78 is 11.0. The van der Waals surface area contributed by atoms with Crippen molar-refractivity contribution in [2.45, 2.75) is 19.9 Å². The molecule has 0 bridgehead atoms. The summed E-state index contributed by atoms with van der Waals surface area (Å²) in [5.41, 5.74) is 9.15. The zero-order valence-electron chi connectivity index (χ0n) is 12.1. The first-order valence-corrected chi connectivity index (χ1v) is 6.78. The van der Waals surface area contributed by atoms with Crippen LogP contribution in [-0.4, -0.2) is 13.7 Å². The van der Waals surface area contributed by atoms with E-state index in [4.69, 9.17) is 15.2 Å². The van der Waals surface area contributed by atoms with E-state index in [9.17, 15) is 0 Å². The van der Waals surface area contributed by atoms with E-state index in [1.54, 1.807) is 7.11 Å². The highest BCUT2D eigenvalue weighted by atomic mass is 16.5. The Balaban J connectivity index is 2.11. The summed E-state index contributed by atoms with van der Waals surface area (Å²) in [6.45, 7) is 3.25. The van der Waals surface area contributed by atoms with E-state index in [-0.39, 0.29) is 0 Å². The lowest BCUT2D eigenvalue weighted by molar-refractivity contribution is 0.202. The van der Waals surface area contributed by atoms with Crippen LogP contribution in [0.15, 0.2) is 42.5 Å². The topological polar surface area (TPSA) is 44.5 Å². The Morgan fingerprint density at radius 1 is 1.05 bits per heavy atom. The molecule has 0 unspecified atom stereocenters. The second-order valence-electron chi connectivity index (χ2n) is 4.80. The van der Waals surface area contributed by atoms with Gasteiger partial charge in [-0.25, -0.2) is 0 Å². The maximum Gasteiger partial charge on any atom is 0.132 e. The number of hydrogen-bond acceptors (Lipinski definition) is 3. The van der Waals surface area contributed by atoms with Gasteiger partial charge in [0.05, 0.1) is 6.61 Å². The predicted octanol–water partition coefficient (Wildman–Crippen LogP) is 3.43. The summed E-state index contributed by atoms with van der Waals surface area (Å²) in [6, 6.07) is 14.2. The van der Waals surface area contributed by atoms with E-state index >= 15 is 0 Å². The molecule has 0 spiro atoms. The number of benzene rings is 2. The second-order valence-corrected chi connectivity index (χ2v) is 4.80. The number of methoxy groups -OCH3 is 1. The Labute approximate surface area is 120 Å². The minimum absolute atomic E-state index is 0.474. The minimum Gasteiger partial charge on any atom is -0.457 e. The molecule has 0 atom stereocenters. The van der Waals surface area contributed by atoms with Gasteiger partial charge in [-0.1, -0.05) is 24.3 Å². The molecule has 0 saturated carbocycles. The third-order valence-corrected chi connectivity index (χ3v) is 3.19. The first kappa shape index (κ1) is 14.6. The van der Waals surface area contributed by atoms with Crippen LogP contribution in [0.2, 0.25) is 0 Å². The quantitative estimate of drug-likeness (QED) is 0.875. The van der Waals surface area contributed by atoms with Crippen molar-refractivity contribution in [2.75, 3.05) is 13.7 Å². The van der Waals surface area contributed by atoms with E-state index < -0.39 is 0 Å². The number of aryl methyl sites for hydroxylation is 1. The Kier molecular flexibility index (Phi) is 5.16. The summed E-state index contributed by atoms with van der Waals surface area (Å²) in [5, 5.41) is 0. The molecule has 2 rings (SSSR count). The van der Waals surface area contributed by atoms with Gasteiger partial charge in [-0.2, -0.15) is 0 Å². The van der Waals surface area contributed by atoms with Crippen molar-refractivity contribution in [3.05, 3.63) is 59.2 Å². The van der Waals surface area contributed by atoms with Crippen molar-refractivity contribution in [1.82, 2.24) is 0 Å². The van der Waals surface area contributed by atoms with Crippen LogP contribution in [0.4, 0.5) is 0 Å². The first-order chi connectivity index (χ1) is 9.72. The van der Waals surface area contributed by atoms with Gasteiger partial charge in [-0.3, -0.25) is 0 Å². The van der Waals surface area contributed by atoms with Crippen LogP contribution < -0.4 is 10.5 Å². The van der Waals surface area contributed by atoms with E-state index in [0.717, 1.165) is 35.7 Å². The fourth-order valence-corrected chi connectivity index (χ4v) is 2.00. The molecule has 2 aromatic carbocycles. The highest BCUT2D eigenvalue weighted by molar-refractivity contribution is 5.41. The molecule has 3 nitrogen and oxygen atoms in total. The monoisotopic (exact) mass is 271 g/mol. The van der Waals surface area contributed by atoms with Crippen molar-refractivity contribution in [3.63, 3.8) is 0 Å². The van der Waals surface area contributed by atoms with Crippen molar-refractivity contribution in [1.29, 1.82) is 0 Å². The molecule has 2 N–H and O–H groups in total. The molecule has 0 amide bonds. The molecule has 0 fully saturated rings. The molecule has 0 aliphatic rings. The maximum absolute atomic E-state index is 5.93. The highest BCUT2D eigenvalue weighted by Crippen LogP contribution is 2.26. The van der Waals surface area contributed by atoms with Crippen molar-refractivity contribution in [2.24, 2.45) is 5.73 Å².